The summed E-state index contributed by atoms with van der Waals surface area (Å²) in [5.41, 5.74) is 0. The summed E-state index contributed by atoms with van der Waals surface area (Å²) in [5.74, 6) is -0.222. The third-order valence-corrected chi connectivity index (χ3v) is 3.96. The fourth-order valence-electron chi connectivity index (χ4n) is 1.61. The molecule has 2 aromatic rings. The van der Waals surface area contributed by atoms with Gasteiger partial charge in [0.25, 0.3) is 10.0 Å². The monoisotopic (exact) mass is 310 g/mol. The van der Waals surface area contributed by atoms with Crippen LogP contribution in [0.3, 0.4) is 0 Å². The molecule has 0 aliphatic rings. The van der Waals surface area contributed by atoms with Crippen LogP contribution in [-0.4, -0.2) is 24.9 Å². The molecule has 0 aliphatic carbocycles. The largest absolute Gasteiger partial charge is 0.369 e. The Morgan fingerprint density at radius 3 is 2.71 bits per heavy atom. The Bertz CT molecular complexity index is 704. The predicted octanol–water partition coefficient (Wildman–Crippen LogP) is 2.24. The van der Waals surface area contributed by atoms with Crippen molar-refractivity contribution in [1.82, 2.24) is 9.97 Å². The number of pyridine rings is 2. The molecule has 0 atom stereocenters. The SMILES string of the molecule is CCCNc1ncccc1S(=O)(=O)Nc1ccc(F)cn1. The zero-order valence-corrected chi connectivity index (χ0v) is 12.2. The van der Waals surface area contributed by atoms with Crippen molar-refractivity contribution in [1.29, 1.82) is 0 Å². The second-order valence-electron chi connectivity index (χ2n) is 4.24. The highest BCUT2D eigenvalue weighted by atomic mass is 32.2. The Balaban J connectivity index is 2.29. The van der Waals surface area contributed by atoms with Crippen LogP contribution in [0.1, 0.15) is 13.3 Å². The molecule has 0 bridgehead atoms. The van der Waals surface area contributed by atoms with Gasteiger partial charge in [0.1, 0.15) is 22.3 Å². The van der Waals surface area contributed by atoms with Gasteiger partial charge in [0.05, 0.1) is 6.20 Å². The number of hydrogen-bond donors (Lipinski definition) is 2. The molecule has 6 nitrogen and oxygen atoms in total. The number of hydrogen-bond acceptors (Lipinski definition) is 5. The lowest BCUT2D eigenvalue weighted by molar-refractivity contribution is 0.600. The Morgan fingerprint density at radius 1 is 1.24 bits per heavy atom. The van der Waals surface area contributed by atoms with Gasteiger partial charge in [0.15, 0.2) is 0 Å². The van der Waals surface area contributed by atoms with Crippen LogP contribution in [0.5, 0.6) is 0 Å². The van der Waals surface area contributed by atoms with Crippen LogP contribution in [0.15, 0.2) is 41.6 Å². The zero-order valence-electron chi connectivity index (χ0n) is 11.4. The smallest absolute Gasteiger partial charge is 0.266 e. The van der Waals surface area contributed by atoms with E-state index in [1.165, 1.54) is 24.4 Å². The van der Waals surface area contributed by atoms with E-state index in [0.29, 0.717) is 6.54 Å². The van der Waals surface area contributed by atoms with E-state index < -0.39 is 15.8 Å². The quantitative estimate of drug-likeness (QED) is 0.855. The summed E-state index contributed by atoms with van der Waals surface area (Å²) >= 11 is 0. The van der Waals surface area contributed by atoms with Gasteiger partial charge in [0, 0.05) is 12.7 Å². The molecule has 21 heavy (non-hydrogen) atoms. The molecule has 0 saturated carbocycles. The number of aromatic nitrogens is 2. The summed E-state index contributed by atoms with van der Waals surface area (Å²) < 4.78 is 39.8. The van der Waals surface area contributed by atoms with Gasteiger partial charge in [-0.1, -0.05) is 6.92 Å². The number of halogens is 1. The summed E-state index contributed by atoms with van der Waals surface area (Å²) in [6.07, 6.45) is 3.29. The zero-order chi connectivity index (χ0) is 15.3. The Labute approximate surface area is 122 Å². The molecule has 0 fully saturated rings. The number of nitrogens with one attached hydrogen (secondary N) is 2. The minimum Gasteiger partial charge on any atom is -0.369 e. The van der Waals surface area contributed by atoms with E-state index in [0.717, 1.165) is 18.7 Å². The number of nitrogens with zero attached hydrogens (tertiary/aromatic N) is 2. The van der Waals surface area contributed by atoms with Crippen LogP contribution in [0.2, 0.25) is 0 Å². The van der Waals surface area contributed by atoms with Gasteiger partial charge in [0.2, 0.25) is 0 Å². The fraction of sp³-hybridized carbons (Fsp3) is 0.231. The van der Waals surface area contributed by atoms with Gasteiger partial charge >= 0.3 is 0 Å². The van der Waals surface area contributed by atoms with Crippen molar-refractivity contribution >= 4 is 21.7 Å². The molecule has 0 aromatic carbocycles. The lowest BCUT2D eigenvalue weighted by atomic mass is 10.4. The topological polar surface area (TPSA) is 84.0 Å². The fourth-order valence-corrected chi connectivity index (χ4v) is 2.76. The van der Waals surface area contributed by atoms with Crippen LogP contribution < -0.4 is 10.0 Å². The average Bonchev–Trinajstić information content (AvgIpc) is 2.47. The highest BCUT2D eigenvalue weighted by Crippen LogP contribution is 2.20. The first-order valence-corrected chi connectivity index (χ1v) is 7.84. The van der Waals surface area contributed by atoms with Gasteiger partial charge < -0.3 is 5.32 Å². The molecular formula is C13H15FN4O2S. The van der Waals surface area contributed by atoms with Gasteiger partial charge in [-0.3, -0.25) is 4.72 Å². The Morgan fingerprint density at radius 2 is 2.05 bits per heavy atom. The van der Waals surface area contributed by atoms with Crippen molar-refractivity contribution in [2.75, 3.05) is 16.6 Å². The van der Waals surface area contributed by atoms with E-state index in [4.69, 9.17) is 0 Å². The predicted molar refractivity (Wildman–Crippen MR) is 78.0 cm³/mol. The molecule has 0 unspecified atom stereocenters. The van der Waals surface area contributed by atoms with Crippen LogP contribution in [0, 0.1) is 5.82 Å². The van der Waals surface area contributed by atoms with E-state index >= 15 is 0 Å². The van der Waals surface area contributed by atoms with Gasteiger partial charge in [-0.2, -0.15) is 0 Å². The maximum absolute atomic E-state index is 12.8. The van der Waals surface area contributed by atoms with E-state index in [1.54, 1.807) is 0 Å². The summed E-state index contributed by atoms with van der Waals surface area (Å²) in [7, 11) is -3.85. The highest BCUT2D eigenvalue weighted by Gasteiger charge is 2.19. The number of anilines is 2. The third kappa shape index (κ3) is 3.88. The summed E-state index contributed by atoms with van der Waals surface area (Å²) in [4.78, 5) is 7.72. The lowest BCUT2D eigenvalue weighted by Gasteiger charge is -2.11. The van der Waals surface area contributed by atoms with Crippen LogP contribution in [0.4, 0.5) is 16.0 Å². The third-order valence-electron chi connectivity index (χ3n) is 2.57. The molecule has 0 aliphatic heterocycles. The van der Waals surface area contributed by atoms with E-state index in [1.807, 2.05) is 6.92 Å². The first-order chi connectivity index (χ1) is 10.0. The minimum absolute atomic E-state index is 0.0181. The van der Waals surface area contributed by atoms with Crippen molar-refractivity contribution in [2.45, 2.75) is 18.2 Å². The molecule has 2 aromatic heterocycles. The van der Waals surface area contributed by atoms with Crippen molar-refractivity contribution < 1.29 is 12.8 Å². The average molecular weight is 310 g/mol. The molecule has 2 heterocycles. The Hall–Kier alpha value is -2.22. The molecule has 0 radical (unpaired) electrons. The second-order valence-corrected chi connectivity index (χ2v) is 5.89. The van der Waals surface area contributed by atoms with Crippen molar-refractivity contribution in [3.63, 3.8) is 0 Å². The van der Waals surface area contributed by atoms with Crippen molar-refractivity contribution in [3.8, 4) is 0 Å². The summed E-state index contributed by atoms with van der Waals surface area (Å²) in [6, 6.07) is 5.35. The van der Waals surface area contributed by atoms with Gasteiger partial charge in [-0.05, 0) is 30.7 Å². The maximum Gasteiger partial charge on any atom is 0.266 e. The molecule has 2 rings (SSSR count). The number of rotatable bonds is 6. The molecule has 0 spiro atoms. The molecule has 0 amide bonds. The summed E-state index contributed by atoms with van der Waals surface area (Å²) in [6.45, 7) is 2.57. The normalized spacial score (nSPS) is 11.1. The first kappa shape index (κ1) is 15.2. The Kier molecular flexibility index (Phi) is 4.69. The lowest BCUT2D eigenvalue weighted by Crippen LogP contribution is -2.17. The second kappa shape index (κ2) is 6.49. The molecular weight excluding hydrogens is 295 g/mol. The molecule has 0 saturated heterocycles. The van der Waals surface area contributed by atoms with Gasteiger partial charge in [-0.25, -0.2) is 22.8 Å². The van der Waals surface area contributed by atoms with Gasteiger partial charge in [-0.15, -0.1) is 0 Å². The van der Waals surface area contributed by atoms with E-state index in [-0.39, 0.29) is 16.5 Å². The van der Waals surface area contributed by atoms with E-state index in [9.17, 15) is 12.8 Å². The van der Waals surface area contributed by atoms with Crippen LogP contribution in [0.25, 0.3) is 0 Å². The molecule has 2 N–H and O–H groups in total. The van der Waals surface area contributed by atoms with Crippen molar-refractivity contribution in [3.05, 3.63) is 42.5 Å². The summed E-state index contributed by atoms with van der Waals surface area (Å²) in [5, 5.41) is 2.95. The van der Waals surface area contributed by atoms with Crippen LogP contribution >= 0.6 is 0 Å². The minimum atomic E-state index is -3.85. The first-order valence-electron chi connectivity index (χ1n) is 6.36. The van der Waals surface area contributed by atoms with E-state index in [2.05, 4.69) is 20.0 Å². The van der Waals surface area contributed by atoms with Crippen molar-refractivity contribution in [2.24, 2.45) is 0 Å². The standard InChI is InChI=1S/C13H15FN4O2S/c1-2-7-15-13-11(4-3-8-16-13)21(19,20)18-12-6-5-10(14)9-17-12/h3-6,8-9H,2,7H2,1H3,(H,15,16)(H,17,18). The van der Waals surface area contributed by atoms with Crippen LogP contribution in [-0.2, 0) is 10.0 Å². The maximum atomic E-state index is 12.8. The molecule has 8 heteroatoms. The number of sulfonamides is 1. The molecule has 112 valence electrons. The highest BCUT2D eigenvalue weighted by molar-refractivity contribution is 7.92.